The number of morpholine rings is 1. The Balaban J connectivity index is 1.68. The highest BCUT2D eigenvalue weighted by Crippen LogP contribution is 2.44. The maximum Gasteiger partial charge on any atom is 0.266 e. The fraction of sp³-hybridized carbons (Fsp3) is 0.385. The van der Waals surface area contributed by atoms with Crippen LogP contribution in [-0.4, -0.2) is 67.0 Å². The summed E-state index contributed by atoms with van der Waals surface area (Å²) in [5, 5.41) is 10.8. The Morgan fingerprint density at radius 1 is 1.26 bits per heavy atom. The molecule has 0 spiro atoms. The van der Waals surface area contributed by atoms with E-state index >= 15 is 0 Å². The number of hydrogen-bond donors (Lipinski definition) is 2. The summed E-state index contributed by atoms with van der Waals surface area (Å²) in [5.41, 5.74) is 3.36. The van der Waals surface area contributed by atoms with Crippen molar-refractivity contribution < 1.29 is 24.1 Å². The maximum absolute atomic E-state index is 13.8. The molecule has 0 unspecified atom stereocenters. The Morgan fingerprint density at radius 3 is 2.69 bits per heavy atom. The minimum absolute atomic E-state index is 0.0804. The van der Waals surface area contributed by atoms with Crippen LogP contribution < -0.4 is 10.2 Å². The van der Waals surface area contributed by atoms with Crippen LogP contribution in [0.25, 0.3) is 0 Å². The highest BCUT2D eigenvalue weighted by atomic mass is 79.9. The lowest BCUT2D eigenvalue weighted by atomic mass is 9.84. The van der Waals surface area contributed by atoms with E-state index < -0.39 is 11.6 Å². The molecule has 2 aliphatic heterocycles. The van der Waals surface area contributed by atoms with E-state index in [9.17, 15) is 4.79 Å². The van der Waals surface area contributed by atoms with Crippen LogP contribution in [0.5, 0.6) is 5.75 Å². The van der Waals surface area contributed by atoms with Crippen LogP contribution in [0.4, 0.5) is 0 Å². The number of halogens is 1. The number of carbonyl (C=O) groups excluding carboxylic acids is 1. The fourth-order valence-electron chi connectivity index (χ4n) is 4.12. The van der Waals surface area contributed by atoms with Crippen LogP contribution in [0.15, 0.2) is 70.7 Å². The van der Waals surface area contributed by atoms with Crippen LogP contribution in [0.1, 0.15) is 30.1 Å². The first-order chi connectivity index (χ1) is 17.1. The molecule has 0 saturated carbocycles. The van der Waals surface area contributed by atoms with E-state index in [1.165, 1.54) is 0 Å². The number of hydrazine groups is 1. The molecule has 2 N–H and O–H groups in total. The summed E-state index contributed by atoms with van der Waals surface area (Å²) in [7, 11) is 0. The first-order valence-electron chi connectivity index (χ1n) is 11.7. The van der Waals surface area contributed by atoms with Crippen molar-refractivity contribution in [1.29, 1.82) is 0 Å². The lowest BCUT2D eigenvalue weighted by Crippen LogP contribution is -2.56. The Kier molecular flexibility index (Phi) is 8.56. The molecule has 8 nitrogen and oxygen atoms in total. The lowest BCUT2D eigenvalue weighted by molar-refractivity contribution is -0.136. The molecule has 4 rings (SSSR count). The van der Waals surface area contributed by atoms with Gasteiger partial charge in [0.25, 0.3) is 5.91 Å². The van der Waals surface area contributed by atoms with E-state index in [1.807, 2.05) is 53.5 Å². The molecule has 35 heavy (non-hydrogen) atoms. The number of aliphatic imine (C=N–C) groups is 1. The monoisotopic (exact) mass is 543 g/mol. The van der Waals surface area contributed by atoms with E-state index in [0.717, 1.165) is 15.6 Å². The number of benzene rings is 2. The number of nitrogens with zero attached hydrogens (tertiary/aromatic N) is 2. The molecule has 0 aromatic heterocycles. The average Bonchev–Trinajstić information content (AvgIpc) is 3.26. The molecule has 1 fully saturated rings. The highest BCUT2D eigenvalue weighted by Gasteiger charge is 2.53. The second-order valence-electron chi connectivity index (χ2n) is 8.34. The maximum atomic E-state index is 13.8. The van der Waals surface area contributed by atoms with Gasteiger partial charge in [0, 0.05) is 48.1 Å². The topological polar surface area (TPSA) is 92.6 Å². The van der Waals surface area contributed by atoms with E-state index in [4.69, 9.17) is 24.3 Å². The molecule has 0 bridgehead atoms. The second kappa shape index (κ2) is 11.8. The zero-order chi connectivity index (χ0) is 24.7. The predicted octanol–water partition coefficient (Wildman–Crippen LogP) is 3.41. The fourth-order valence-corrected chi connectivity index (χ4v) is 4.61. The van der Waals surface area contributed by atoms with E-state index in [1.54, 1.807) is 6.08 Å². The molecule has 0 radical (unpaired) electrons. The summed E-state index contributed by atoms with van der Waals surface area (Å²) in [5.74, 6) is 0.816. The molecule has 1 saturated heterocycles. The average molecular weight is 544 g/mol. The summed E-state index contributed by atoms with van der Waals surface area (Å²) >= 11 is 3.62. The number of aliphatic hydroxyl groups is 1. The van der Waals surface area contributed by atoms with Gasteiger partial charge in [0.1, 0.15) is 5.75 Å². The number of amides is 1. The summed E-state index contributed by atoms with van der Waals surface area (Å²) in [4.78, 5) is 18.7. The normalized spacial score (nSPS) is 22.2. The van der Waals surface area contributed by atoms with Crippen LogP contribution in [0.2, 0.25) is 0 Å². The quantitative estimate of drug-likeness (QED) is 0.352. The Labute approximate surface area is 213 Å². The Hall–Kier alpha value is -2.72. The van der Waals surface area contributed by atoms with Crippen LogP contribution in [0, 0.1) is 0 Å². The number of aliphatic hydroxyl groups excluding tert-OH is 1. The van der Waals surface area contributed by atoms with Crippen molar-refractivity contribution in [2.45, 2.75) is 24.5 Å². The number of nitrogens with one attached hydrogen (secondary N) is 1. The van der Waals surface area contributed by atoms with Crippen molar-refractivity contribution in [3.05, 3.63) is 76.8 Å². The molecular weight excluding hydrogens is 514 g/mol. The third-order valence-corrected chi connectivity index (χ3v) is 6.67. The minimum Gasteiger partial charge on any atom is -0.494 e. The largest absolute Gasteiger partial charge is 0.494 e. The smallest absolute Gasteiger partial charge is 0.266 e. The van der Waals surface area contributed by atoms with Crippen LogP contribution >= 0.6 is 15.9 Å². The molecule has 2 heterocycles. The predicted molar refractivity (Wildman–Crippen MR) is 136 cm³/mol. The molecule has 186 valence electrons. The molecule has 2 aliphatic rings. The first kappa shape index (κ1) is 25.4. The van der Waals surface area contributed by atoms with Crippen molar-refractivity contribution in [1.82, 2.24) is 10.4 Å². The van der Waals surface area contributed by atoms with Gasteiger partial charge in [-0.1, -0.05) is 40.2 Å². The number of hydrogen-bond acceptors (Lipinski definition) is 7. The van der Waals surface area contributed by atoms with E-state index in [-0.39, 0.29) is 12.5 Å². The van der Waals surface area contributed by atoms with Gasteiger partial charge in [0.2, 0.25) is 5.90 Å². The molecule has 0 aliphatic carbocycles. The van der Waals surface area contributed by atoms with Crippen molar-refractivity contribution in [3.8, 4) is 5.75 Å². The molecule has 2 aromatic rings. The van der Waals surface area contributed by atoms with Gasteiger partial charge < -0.3 is 19.3 Å². The van der Waals surface area contributed by atoms with Crippen LogP contribution in [0.3, 0.4) is 0 Å². The van der Waals surface area contributed by atoms with Gasteiger partial charge >= 0.3 is 0 Å². The summed E-state index contributed by atoms with van der Waals surface area (Å²) in [6.45, 7) is 6.74. The summed E-state index contributed by atoms with van der Waals surface area (Å²) in [6, 6.07) is 15.1. The standard InChI is InChI=1S/C26H30BrN3O5/c1-2-12-26(25(32)29-30-13-17-33-18-14-30)23(21-6-3-4-7-22(21)27)35-24(28-26)19-8-10-20(11-9-19)34-16-5-15-31/h2-4,6-11,23,31H,1,5,12-18H2,(H,29,32)/t23-,26-/m0/s1. The van der Waals surface area contributed by atoms with Gasteiger partial charge in [0.05, 0.1) is 19.8 Å². The van der Waals surface area contributed by atoms with Gasteiger partial charge in [0.15, 0.2) is 11.6 Å². The SMILES string of the molecule is C=CC[C@]1(C(=O)NN2CCOCC2)N=C(c2ccc(OCCCO)cc2)O[C@H]1c1ccccc1Br. The summed E-state index contributed by atoms with van der Waals surface area (Å²) < 4.78 is 18.3. The molecule has 2 aromatic carbocycles. The Bertz CT molecular complexity index is 1060. The van der Waals surface area contributed by atoms with Gasteiger partial charge in [-0.25, -0.2) is 10.0 Å². The van der Waals surface area contributed by atoms with Gasteiger partial charge in [-0.2, -0.15) is 0 Å². The lowest BCUT2D eigenvalue weighted by Gasteiger charge is -2.34. The van der Waals surface area contributed by atoms with Crippen molar-refractivity contribution >= 4 is 27.7 Å². The molecular formula is C26H30BrN3O5. The van der Waals surface area contributed by atoms with Crippen molar-refractivity contribution in [3.63, 3.8) is 0 Å². The molecule has 2 atom stereocenters. The molecule has 1 amide bonds. The number of rotatable bonds is 10. The third-order valence-electron chi connectivity index (χ3n) is 5.94. The number of ether oxygens (including phenoxy) is 3. The molecule has 9 heteroatoms. The Morgan fingerprint density at radius 2 is 2.00 bits per heavy atom. The van der Waals surface area contributed by atoms with E-state index in [2.05, 4.69) is 27.9 Å². The van der Waals surface area contributed by atoms with Crippen molar-refractivity contribution in [2.24, 2.45) is 4.99 Å². The number of carbonyl (C=O) groups is 1. The van der Waals surface area contributed by atoms with Crippen LogP contribution in [-0.2, 0) is 14.3 Å². The van der Waals surface area contributed by atoms with Crippen molar-refractivity contribution in [2.75, 3.05) is 39.5 Å². The highest BCUT2D eigenvalue weighted by molar-refractivity contribution is 9.10. The first-order valence-corrected chi connectivity index (χ1v) is 12.5. The second-order valence-corrected chi connectivity index (χ2v) is 9.20. The summed E-state index contributed by atoms with van der Waals surface area (Å²) in [6.07, 6.45) is 1.90. The van der Waals surface area contributed by atoms with Gasteiger partial charge in [-0.05, 0) is 30.3 Å². The zero-order valence-corrected chi connectivity index (χ0v) is 21.1. The van der Waals surface area contributed by atoms with Gasteiger partial charge in [-0.15, -0.1) is 6.58 Å². The van der Waals surface area contributed by atoms with Gasteiger partial charge in [-0.3, -0.25) is 10.2 Å². The van der Waals surface area contributed by atoms with E-state index in [0.29, 0.717) is 57.4 Å². The third kappa shape index (κ3) is 5.75. The minimum atomic E-state index is -1.24. The zero-order valence-electron chi connectivity index (χ0n) is 19.5.